The Hall–Kier alpha value is -2.36. The van der Waals surface area contributed by atoms with E-state index in [0.29, 0.717) is 43.4 Å². The summed E-state index contributed by atoms with van der Waals surface area (Å²) in [5.74, 6) is 0.762. The van der Waals surface area contributed by atoms with Crippen molar-refractivity contribution in [2.45, 2.75) is 69.7 Å². The van der Waals surface area contributed by atoms with Gasteiger partial charge in [-0.1, -0.05) is 45.1 Å². The first kappa shape index (κ1) is 29.9. The van der Waals surface area contributed by atoms with Gasteiger partial charge in [-0.05, 0) is 49.6 Å². The zero-order chi connectivity index (χ0) is 26.4. The molecule has 0 spiro atoms. The van der Waals surface area contributed by atoms with Crippen LogP contribution in [0.3, 0.4) is 0 Å². The fourth-order valence-corrected chi connectivity index (χ4v) is 5.19. The largest absolute Gasteiger partial charge is 0.495 e. The van der Waals surface area contributed by atoms with Crippen LogP contribution in [0.4, 0.5) is 4.39 Å². The van der Waals surface area contributed by atoms with Gasteiger partial charge >= 0.3 is 0 Å². The lowest BCUT2D eigenvalue weighted by Crippen LogP contribution is -2.32. The third kappa shape index (κ3) is 9.95. The molecule has 36 heavy (non-hydrogen) atoms. The van der Waals surface area contributed by atoms with E-state index in [0.717, 1.165) is 24.8 Å². The van der Waals surface area contributed by atoms with Crippen molar-refractivity contribution in [3.8, 4) is 17.2 Å². The van der Waals surface area contributed by atoms with Crippen LogP contribution in [0, 0.1) is 5.82 Å². The quantitative estimate of drug-likeness (QED) is 0.265. The standard InChI is InChI=1S/C27H41FN2O5S/c1-5-6-7-8-9-10-15-30-36(31,32)27-19-22(11-13-25(27)34-4)18-21(2)29-16-17-35-26-20-23(28)12-14-24(26)33-3/h11-14,19-21,29-30H,5-10,15-18H2,1-4H3. The van der Waals surface area contributed by atoms with Crippen LogP contribution in [0.2, 0.25) is 0 Å². The molecule has 1 unspecified atom stereocenters. The maximum Gasteiger partial charge on any atom is 0.244 e. The fraction of sp³-hybridized carbons (Fsp3) is 0.556. The van der Waals surface area contributed by atoms with Gasteiger partial charge in [-0.3, -0.25) is 0 Å². The topological polar surface area (TPSA) is 85.9 Å². The molecule has 0 amide bonds. The van der Waals surface area contributed by atoms with Crippen LogP contribution in [0.1, 0.15) is 57.9 Å². The second-order valence-corrected chi connectivity index (χ2v) is 10.6. The molecule has 0 aliphatic heterocycles. The number of hydrogen-bond acceptors (Lipinski definition) is 6. The third-order valence-corrected chi connectivity index (χ3v) is 7.34. The summed E-state index contributed by atoms with van der Waals surface area (Å²) in [5, 5.41) is 3.35. The Balaban J connectivity index is 1.87. The summed E-state index contributed by atoms with van der Waals surface area (Å²) in [6.07, 6.45) is 7.17. The molecule has 0 saturated carbocycles. The van der Waals surface area contributed by atoms with Gasteiger partial charge in [0.25, 0.3) is 0 Å². The number of hydrogen-bond donors (Lipinski definition) is 2. The Morgan fingerprint density at radius 2 is 1.58 bits per heavy atom. The number of methoxy groups -OCH3 is 2. The Kier molecular flexibility index (Phi) is 13.0. The van der Waals surface area contributed by atoms with E-state index in [2.05, 4.69) is 17.0 Å². The second-order valence-electron chi connectivity index (χ2n) is 8.85. The van der Waals surface area contributed by atoms with Crippen molar-refractivity contribution < 1.29 is 27.0 Å². The first-order chi connectivity index (χ1) is 17.3. The second kappa shape index (κ2) is 15.7. The zero-order valence-electron chi connectivity index (χ0n) is 21.9. The highest BCUT2D eigenvalue weighted by atomic mass is 32.2. The predicted molar refractivity (Wildman–Crippen MR) is 141 cm³/mol. The van der Waals surface area contributed by atoms with Gasteiger partial charge in [-0.25, -0.2) is 17.5 Å². The summed E-state index contributed by atoms with van der Waals surface area (Å²) >= 11 is 0. The van der Waals surface area contributed by atoms with Crippen molar-refractivity contribution in [2.24, 2.45) is 0 Å². The van der Waals surface area contributed by atoms with Crippen molar-refractivity contribution in [3.63, 3.8) is 0 Å². The molecule has 9 heteroatoms. The van der Waals surface area contributed by atoms with Gasteiger partial charge in [0, 0.05) is 25.2 Å². The molecule has 0 radical (unpaired) electrons. The highest BCUT2D eigenvalue weighted by molar-refractivity contribution is 7.89. The molecule has 0 aromatic heterocycles. The third-order valence-electron chi connectivity index (χ3n) is 5.86. The monoisotopic (exact) mass is 524 g/mol. The van der Waals surface area contributed by atoms with Gasteiger partial charge < -0.3 is 19.5 Å². The van der Waals surface area contributed by atoms with Crippen molar-refractivity contribution in [3.05, 3.63) is 47.8 Å². The molecular weight excluding hydrogens is 483 g/mol. The Morgan fingerprint density at radius 1 is 0.889 bits per heavy atom. The molecule has 2 N–H and O–H groups in total. The number of nitrogens with one attached hydrogen (secondary N) is 2. The summed E-state index contributed by atoms with van der Waals surface area (Å²) in [6.45, 7) is 5.46. The number of benzene rings is 2. The number of sulfonamides is 1. The van der Waals surface area contributed by atoms with Crippen LogP contribution in [0.25, 0.3) is 0 Å². The molecule has 1 atom stereocenters. The van der Waals surface area contributed by atoms with E-state index in [1.165, 1.54) is 51.7 Å². The normalized spacial score (nSPS) is 12.4. The lowest BCUT2D eigenvalue weighted by Gasteiger charge is -2.17. The van der Waals surface area contributed by atoms with E-state index >= 15 is 0 Å². The van der Waals surface area contributed by atoms with Gasteiger partial charge in [-0.15, -0.1) is 0 Å². The van der Waals surface area contributed by atoms with Crippen LogP contribution in [-0.2, 0) is 16.4 Å². The highest BCUT2D eigenvalue weighted by Gasteiger charge is 2.20. The minimum atomic E-state index is -3.68. The summed E-state index contributed by atoms with van der Waals surface area (Å²) in [6, 6.07) is 9.44. The summed E-state index contributed by atoms with van der Waals surface area (Å²) < 4.78 is 58.2. The first-order valence-electron chi connectivity index (χ1n) is 12.7. The Labute approximate surface area is 215 Å². The number of rotatable bonds is 18. The van der Waals surface area contributed by atoms with E-state index in [1.807, 2.05) is 13.0 Å². The van der Waals surface area contributed by atoms with Gasteiger partial charge in [0.2, 0.25) is 10.0 Å². The Bertz CT molecular complexity index is 1030. The highest BCUT2D eigenvalue weighted by Crippen LogP contribution is 2.27. The molecule has 0 fully saturated rings. The molecule has 7 nitrogen and oxygen atoms in total. The number of unbranched alkanes of at least 4 members (excludes halogenated alkanes) is 5. The van der Waals surface area contributed by atoms with E-state index in [9.17, 15) is 12.8 Å². The molecule has 0 aliphatic carbocycles. The van der Waals surface area contributed by atoms with Crippen LogP contribution in [0.15, 0.2) is 41.3 Å². The van der Waals surface area contributed by atoms with Crippen LogP contribution in [0.5, 0.6) is 17.2 Å². The molecule has 202 valence electrons. The summed E-state index contributed by atoms with van der Waals surface area (Å²) in [4.78, 5) is 0.155. The molecule has 0 bridgehead atoms. The zero-order valence-corrected chi connectivity index (χ0v) is 22.8. The molecule has 0 aliphatic rings. The van der Waals surface area contributed by atoms with E-state index in [-0.39, 0.29) is 16.8 Å². The fourth-order valence-electron chi connectivity index (χ4n) is 3.90. The van der Waals surface area contributed by atoms with Crippen molar-refractivity contribution in [1.82, 2.24) is 10.0 Å². The van der Waals surface area contributed by atoms with E-state index in [4.69, 9.17) is 14.2 Å². The molecule has 2 aromatic rings. The van der Waals surface area contributed by atoms with Crippen molar-refractivity contribution in [1.29, 1.82) is 0 Å². The minimum absolute atomic E-state index is 0.0584. The maximum absolute atomic E-state index is 13.5. The van der Waals surface area contributed by atoms with Gasteiger partial charge in [-0.2, -0.15) is 0 Å². The first-order valence-corrected chi connectivity index (χ1v) is 14.1. The van der Waals surface area contributed by atoms with Crippen LogP contribution < -0.4 is 24.2 Å². The predicted octanol–water partition coefficient (Wildman–Crippen LogP) is 5.08. The molecule has 2 rings (SSSR count). The maximum atomic E-state index is 13.5. The van der Waals surface area contributed by atoms with Crippen LogP contribution >= 0.6 is 0 Å². The summed E-state index contributed by atoms with van der Waals surface area (Å²) in [5.41, 5.74) is 0.878. The SMILES string of the molecule is CCCCCCCCNS(=O)(=O)c1cc(CC(C)NCCOc2cc(F)ccc2OC)ccc1OC. The van der Waals surface area contributed by atoms with E-state index in [1.54, 1.807) is 12.1 Å². The average molecular weight is 525 g/mol. The minimum Gasteiger partial charge on any atom is -0.495 e. The number of ether oxygens (including phenoxy) is 3. The summed E-state index contributed by atoms with van der Waals surface area (Å²) in [7, 11) is -0.699. The van der Waals surface area contributed by atoms with Gasteiger partial charge in [0.15, 0.2) is 11.5 Å². The molecule has 0 heterocycles. The molecule has 2 aromatic carbocycles. The van der Waals surface area contributed by atoms with E-state index < -0.39 is 10.0 Å². The van der Waals surface area contributed by atoms with Gasteiger partial charge in [0.1, 0.15) is 23.1 Å². The van der Waals surface area contributed by atoms with Crippen molar-refractivity contribution >= 4 is 10.0 Å². The van der Waals surface area contributed by atoms with Crippen LogP contribution in [-0.4, -0.2) is 48.4 Å². The van der Waals surface area contributed by atoms with Gasteiger partial charge in [0.05, 0.1) is 14.2 Å². The molecule has 0 saturated heterocycles. The number of halogens is 1. The average Bonchev–Trinajstić information content (AvgIpc) is 2.86. The Morgan fingerprint density at radius 3 is 2.31 bits per heavy atom. The lowest BCUT2D eigenvalue weighted by molar-refractivity contribution is 0.285. The molecular formula is C27H41FN2O5S. The van der Waals surface area contributed by atoms with Crippen molar-refractivity contribution in [2.75, 3.05) is 33.9 Å². The smallest absolute Gasteiger partial charge is 0.244 e. The lowest BCUT2D eigenvalue weighted by atomic mass is 10.1.